The van der Waals surface area contributed by atoms with Crippen molar-refractivity contribution in [3.63, 3.8) is 0 Å². The second-order valence-electron chi connectivity index (χ2n) is 8.02. The van der Waals surface area contributed by atoms with E-state index in [0.717, 1.165) is 35.3 Å². The minimum absolute atomic E-state index is 0.0391. The Morgan fingerprint density at radius 1 is 0.971 bits per heavy atom. The molecular formula is C28H26ClN3O2. The van der Waals surface area contributed by atoms with Gasteiger partial charge >= 0.3 is 0 Å². The van der Waals surface area contributed by atoms with E-state index in [9.17, 15) is 9.59 Å². The molecule has 0 aliphatic rings. The zero-order valence-electron chi connectivity index (χ0n) is 19.4. The number of nitrogens with zero attached hydrogens (tertiary/aromatic N) is 2. The van der Waals surface area contributed by atoms with Gasteiger partial charge in [-0.1, -0.05) is 55.8 Å². The summed E-state index contributed by atoms with van der Waals surface area (Å²) in [5, 5.41) is 3.61. The van der Waals surface area contributed by atoms with Crippen LogP contribution in [0.15, 0.2) is 77.7 Å². The quantitative estimate of drug-likeness (QED) is 0.362. The zero-order chi connectivity index (χ0) is 24.2. The van der Waals surface area contributed by atoms with E-state index in [4.69, 9.17) is 11.6 Å². The fourth-order valence-corrected chi connectivity index (χ4v) is 4.41. The van der Waals surface area contributed by atoms with Gasteiger partial charge in [-0.15, -0.1) is 0 Å². The molecule has 2 aromatic carbocycles. The molecule has 34 heavy (non-hydrogen) atoms. The van der Waals surface area contributed by atoms with Gasteiger partial charge in [0.15, 0.2) is 5.43 Å². The van der Waals surface area contributed by atoms with Gasteiger partial charge in [0.05, 0.1) is 11.4 Å². The standard InChI is InChI=1S/C28H26ClN3O2/c1-4-19-10-8-11-20(5-2)26(19)31-28(34)25-24(33)16-18(3)32(22-13-9-12-21(29)17-22)27(25)23-14-6-7-15-30-23/h6-17H,4-5H2,1-3H3,(H,31,34). The molecule has 1 N–H and O–H groups in total. The van der Waals surface area contributed by atoms with Crippen LogP contribution in [0.2, 0.25) is 5.02 Å². The number of aromatic nitrogens is 2. The predicted molar refractivity (Wildman–Crippen MR) is 138 cm³/mol. The molecule has 4 aromatic rings. The van der Waals surface area contributed by atoms with Gasteiger partial charge in [0.1, 0.15) is 5.56 Å². The first kappa shape index (κ1) is 23.5. The van der Waals surface area contributed by atoms with Crippen LogP contribution in [-0.2, 0) is 12.8 Å². The third-order valence-corrected chi connectivity index (χ3v) is 6.07. The number of benzene rings is 2. The van der Waals surface area contributed by atoms with Crippen molar-refractivity contribution in [3.05, 3.63) is 111 Å². The second-order valence-corrected chi connectivity index (χ2v) is 8.45. The van der Waals surface area contributed by atoms with Crippen LogP contribution in [0.5, 0.6) is 0 Å². The van der Waals surface area contributed by atoms with Crippen molar-refractivity contribution in [2.75, 3.05) is 5.32 Å². The highest BCUT2D eigenvalue weighted by molar-refractivity contribution is 6.30. The smallest absolute Gasteiger partial charge is 0.261 e. The van der Waals surface area contributed by atoms with Gasteiger partial charge in [-0.05, 0) is 61.2 Å². The second kappa shape index (κ2) is 10.1. The molecule has 0 spiro atoms. The number of nitrogens with one attached hydrogen (secondary N) is 1. The Morgan fingerprint density at radius 2 is 1.68 bits per heavy atom. The van der Waals surface area contributed by atoms with Gasteiger partial charge in [0.2, 0.25) is 0 Å². The molecule has 0 saturated heterocycles. The lowest BCUT2D eigenvalue weighted by atomic mass is 10.0. The Bertz CT molecular complexity index is 1390. The van der Waals surface area contributed by atoms with Crippen molar-refractivity contribution in [3.8, 4) is 17.1 Å². The number of amides is 1. The van der Waals surface area contributed by atoms with E-state index in [1.54, 1.807) is 30.5 Å². The van der Waals surface area contributed by atoms with Crippen LogP contribution in [0, 0.1) is 6.92 Å². The number of rotatable bonds is 6. The number of carbonyl (C=O) groups excluding carboxylic acids is 1. The average Bonchev–Trinajstić information content (AvgIpc) is 2.84. The molecule has 6 heteroatoms. The molecule has 0 saturated carbocycles. The molecule has 0 unspecified atom stereocenters. The summed E-state index contributed by atoms with van der Waals surface area (Å²) in [5.41, 5.74) is 4.85. The highest BCUT2D eigenvalue weighted by Crippen LogP contribution is 2.29. The maximum absolute atomic E-state index is 13.7. The molecule has 0 fully saturated rings. The van der Waals surface area contributed by atoms with Gasteiger partial charge in [-0.3, -0.25) is 14.6 Å². The summed E-state index contributed by atoms with van der Waals surface area (Å²) in [4.78, 5) is 31.5. The highest BCUT2D eigenvalue weighted by Gasteiger charge is 2.24. The van der Waals surface area contributed by atoms with Crippen LogP contribution >= 0.6 is 11.6 Å². The van der Waals surface area contributed by atoms with Crippen LogP contribution < -0.4 is 10.7 Å². The lowest BCUT2D eigenvalue weighted by Crippen LogP contribution is -2.27. The Balaban J connectivity index is 1.98. The number of carbonyl (C=O) groups is 1. The summed E-state index contributed by atoms with van der Waals surface area (Å²) < 4.78 is 1.86. The average molecular weight is 472 g/mol. The van der Waals surface area contributed by atoms with Crippen LogP contribution in [0.1, 0.15) is 41.0 Å². The molecule has 2 heterocycles. The lowest BCUT2D eigenvalue weighted by Gasteiger charge is -2.21. The Kier molecular flexibility index (Phi) is 6.94. The molecule has 0 bridgehead atoms. The number of para-hydroxylation sites is 1. The van der Waals surface area contributed by atoms with E-state index in [1.807, 2.05) is 61.7 Å². The van der Waals surface area contributed by atoms with Gasteiger partial charge in [0.25, 0.3) is 5.91 Å². The third kappa shape index (κ3) is 4.52. The molecule has 172 valence electrons. The highest BCUT2D eigenvalue weighted by atomic mass is 35.5. The zero-order valence-corrected chi connectivity index (χ0v) is 20.2. The molecule has 1 amide bonds. The summed E-state index contributed by atoms with van der Waals surface area (Å²) in [6.45, 7) is 5.92. The first-order valence-electron chi connectivity index (χ1n) is 11.3. The van der Waals surface area contributed by atoms with Crippen molar-refractivity contribution in [1.82, 2.24) is 9.55 Å². The summed E-state index contributed by atoms with van der Waals surface area (Å²) in [7, 11) is 0. The fraction of sp³-hybridized carbons (Fsp3) is 0.179. The summed E-state index contributed by atoms with van der Waals surface area (Å²) in [6.07, 6.45) is 3.17. The number of aryl methyl sites for hydroxylation is 3. The van der Waals surface area contributed by atoms with Crippen molar-refractivity contribution in [2.24, 2.45) is 0 Å². The Labute approximate surface area is 204 Å². The van der Waals surface area contributed by atoms with E-state index < -0.39 is 5.91 Å². The number of halogens is 1. The fourth-order valence-electron chi connectivity index (χ4n) is 4.22. The Morgan fingerprint density at radius 3 is 2.29 bits per heavy atom. The summed E-state index contributed by atoms with van der Waals surface area (Å²) in [5.74, 6) is -0.461. The number of hydrogen-bond acceptors (Lipinski definition) is 3. The van der Waals surface area contributed by atoms with Crippen molar-refractivity contribution in [1.29, 1.82) is 0 Å². The van der Waals surface area contributed by atoms with Crippen LogP contribution in [0.4, 0.5) is 5.69 Å². The van der Waals surface area contributed by atoms with E-state index >= 15 is 0 Å². The monoisotopic (exact) mass is 471 g/mol. The number of hydrogen-bond donors (Lipinski definition) is 1. The predicted octanol–water partition coefficient (Wildman–Crippen LogP) is 6.24. The van der Waals surface area contributed by atoms with Gasteiger partial charge < -0.3 is 9.88 Å². The van der Waals surface area contributed by atoms with Crippen LogP contribution in [0.25, 0.3) is 17.1 Å². The normalized spacial score (nSPS) is 10.8. The molecule has 5 nitrogen and oxygen atoms in total. The molecule has 2 aromatic heterocycles. The SMILES string of the molecule is CCc1cccc(CC)c1NC(=O)c1c(-c2ccccn2)n(-c2cccc(Cl)c2)c(C)cc1=O. The molecule has 0 aliphatic heterocycles. The largest absolute Gasteiger partial charge is 0.321 e. The maximum Gasteiger partial charge on any atom is 0.261 e. The molecule has 0 aliphatic carbocycles. The topological polar surface area (TPSA) is 64.0 Å². The molecule has 0 atom stereocenters. The van der Waals surface area contributed by atoms with Crippen molar-refractivity contribution in [2.45, 2.75) is 33.6 Å². The maximum atomic E-state index is 13.7. The van der Waals surface area contributed by atoms with Gasteiger partial charge in [0, 0.05) is 34.4 Å². The van der Waals surface area contributed by atoms with Crippen LogP contribution in [-0.4, -0.2) is 15.5 Å². The summed E-state index contributed by atoms with van der Waals surface area (Å²) in [6, 6.07) is 20.2. The minimum atomic E-state index is -0.461. The van der Waals surface area contributed by atoms with Crippen molar-refractivity contribution >= 4 is 23.2 Å². The van der Waals surface area contributed by atoms with E-state index in [0.29, 0.717) is 22.1 Å². The molecular weight excluding hydrogens is 446 g/mol. The minimum Gasteiger partial charge on any atom is -0.321 e. The van der Waals surface area contributed by atoms with Crippen molar-refractivity contribution < 1.29 is 4.79 Å². The number of pyridine rings is 2. The number of anilines is 1. The van der Waals surface area contributed by atoms with E-state index in [-0.39, 0.29) is 11.0 Å². The van der Waals surface area contributed by atoms with E-state index in [1.165, 1.54) is 6.07 Å². The third-order valence-electron chi connectivity index (χ3n) is 5.84. The van der Waals surface area contributed by atoms with E-state index in [2.05, 4.69) is 10.3 Å². The first-order valence-corrected chi connectivity index (χ1v) is 11.7. The summed E-state index contributed by atoms with van der Waals surface area (Å²) >= 11 is 6.28. The first-order chi connectivity index (χ1) is 16.4. The van der Waals surface area contributed by atoms with Crippen LogP contribution in [0.3, 0.4) is 0 Å². The van der Waals surface area contributed by atoms with Gasteiger partial charge in [-0.25, -0.2) is 0 Å². The van der Waals surface area contributed by atoms with Gasteiger partial charge in [-0.2, -0.15) is 0 Å². The molecule has 0 radical (unpaired) electrons. The Hall–Kier alpha value is -3.70. The lowest BCUT2D eigenvalue weighted by molar-refractivity contribution is 0.102. The molecule has 4 rings (SSSR count).